The molecule has 0 saturated carbocycles. The van der Waals surface area contributed by atoms with Crippen LogP contribution in [-0.2, 0) is 6.61 Å². The minimum atomic E-state index is -0.462. The number of ether oxygens (including phenoxy) is 2. The van der Waals surface area contributed by atoms with Crippen LogP contribution in [0.25, 0.3) is 0 Å². The largest absolute Gasteiger partial charge is 0.490 e. The van der Waals surface area contributed by atoms with E-state index in [-0.39, 0.29) is 12.3 Å². The molecule has 2 aromatic carbocycles. The van der Waals surface area contributed by atoms with Gasteiger partial charge in [-0.1, -0.05) is 16.8 Å². The van der Waals surface area contributed by atoms with Crippen LogP contribution in [0.5, 0.6) is 11.5 Å². The highest BCUT2D eigenvalue weighted by Crippen LogP contribution is 2.37. The van der Waals surface area contributed by atoms with E-state index in [0.717, 1.165) is 5.56 Å². The van der Waals surface area contributed by atoms with Gasteiger partial charge in [0, 0.05) is 17.7 Å². The first-order valence-corrected chi connectivity index (χ1v) is 7.42. The molecular weight excluding hydrogens is 336 g/mol. The average Bonchev–Trinajstić information content (AvgIpc) is 2.55. The second kappa shape index (κ2) is 8.16. The highest BCUT2D eigenvalue weighted by Gasteiger charge is 2.13. The van der Waals surface area contributed by atoms with Gasteiger partial charge in [-0.2, -0.15) is 0 Å². The Morgan fingerprint density at radius 2 is 2.00 bits per heavy atom. The standard InChI is InChI=1S/C16H15ClN2O5/c1-2-23-15-8-12(9-18-20)7-14(17)16(15)24-10-11-3-5-13(6-4-11)19(21)22/h3-9,20H,2,10H2,1H3. The van der Waals surface area contributed by atoms with E-state index in [4.69, 9.17) is 26.3 Å². The van der Waals surface area contributed by atoms with Gasteiger partial charge in [0.05, 0.1) is 22.8 Å². The first kappa shape index (κ1) is 17.6. The maximum absolute atomic E-state index is 10.6. The number of nitro groups is 1. The highest BCUT2D eigenvalue weighted by atomic mass is 35.5. The smallest absolute Gasteiger partial charge is 0.269 e. The van der Waals surface area contributed by atoms with Gasteiger partial charge in [0.25, 0.3) is 5.69 Å². The van der Waals surface area contributed by atoms with Crippen LogP contribution in [-0.4, -0.2) is 23.0 Å². The molecule has 2 aromatic rings. The number of hydrogen-bond acceptors (Lipinski definition) is 6. The molecule has 0 aliphatic rings. The summed E-state index contributed by atoms with van der Waals surface area (Å²) in [6.45, 7) is 2.40. The molecule has 126 valence electrons. The fourth-order valence-electron chi connectivity index (χ4n) is 2.00. The number of halogens is 1. The highest BCUT2D eigenvalue weighted by molar-refractivity contribution is 6.32. The predicted molar refractivity (Wildman–Crippen MR) is 89.4 cm³/mol. The van der Waals surface area contributed by atoms with E-state index >= 15 is 0 Å². The van der Waals surface area contributed by atoms with Crippen LogP contribution in [0.1, 0.15) is 18.1 Å². The summed E-state index contributed by atoms with van der Waals surface area (Å²) in [5, 5.41) is 22.5. The number of non-ortho nitro benzene ring substituents is 1. The molecule has 0 aromatic heterocycles. The van der Waals surface area contributed by atoms with Crippen molar-refractivity contribution < 1.29 is 19.6 Å². The lowest BCUT2D eigenvalue weighted by Gasteiger charge is -2.14. The summed E-state index contributed by atoms with van der Waals surface area (Å²) >= 11 is 6.20. The molecule has 2 rings (SSSR count). The molecule has 1 N–H and O–H groups in total. The molecule has 0 aliphatic carbocycles. The summed E-state index contributed by atoms with van der Waals surface area (Å²) in [4.78, 5) is 10.2. The number of oxime groups is 1. The van der Waals surface area contributed by atoms with Crippen molar-refractivity contribution in [3.05, 3.63) is 62.7 Å². The van der Waals surface area contributed by atoms with Crippen LogP contribution in [0.4, 0.5) is 5.69 Å². The first-order chi connectivity index (χ1) is 11.5. The lowest BCUT2D eigenvalue weighted by Crippen LogP contribution is -2.01. The molecule has 0 aliphatic heterocycles. The van der Waals surface area contributed by atoms with E-state index < -0.39 is 4.92 Å². The Hall–Kier alpha value is -2.80. The maximum Gasteiger partial charge on any atom is 0.269 e. The van der Waals surface area contributed by atoms with Gasteiger partial charge in [-0.15, -0.1) is 0 Å². The lowest BCUT2D eigenvalue weighted by atomic mass is 10.2. The van der Waals surface area contributed by atoms with Gasteiger partial charge in [0.2, 0.25) is 0 Å². The minimum Gasteiger partial charge on any atom is -0.490 e. The minimum absolute atomic E-state index is 0.0134. The summed E-state index contributed by atoms with van der Waals surface area (Å²) < 4.78 is 11.2. The monoisotopic (exact) mass is 350 g/mol. The summed E-state index contributed by atoms with van der Waals surface area (Å²) in [6.07, 6.45) is 1.23. The summed E-state index contributed by atoms with van der Waals surface area (Å²) in [5.74, 6) is 0.772. The van der Waals surface area contributed by atoms with Crippen molar-refractivity contribution >= 4 is 23.5 Å². The Bertz CT molecular complexity index is 747. The molecule has 0 saturated heterocycles. The topological polar surface area (TPSA) is 94.2 Å². The van der Waals surface area contributed by atoms with Crippen LogP contribution in [0.3, 0.4) is 0 Å². The van der Waals surface area contributed by atoms with Gasteiger partial charge >= 0.3 is 0 Å². The van der Waals surface area contributed by atoms with Crippen molar-refractivity contribution in [2.24, 2.45) is 5.16 Å². The zero-order valence-corrected chi connectivity index (χ0v) is 13.6. The van der Waals surface area contributed by atoms with Crippen molar-refractivity contribution in [3.8, 4) is 11.5 Å². The molecule has 8 heteroatoms. The molecule has 0 fully saturated rings. The third kappa shape index (κ3) is 4.36. The average molecular weight is 351 g/mol. The molecule has 0 unspecified atom stereocenters. The van der Waals surface area contributed by atoms with Crippen molar-refractivity contribution in [2.45, 2.75) is 13.5 Å². The Kier molecular flexibility index (Phi) is 5.97. The summed E-state index contributed by atoms with van der Waals surface area (Å²) in [6, 6.07) is 9.25. The van der Waals surface area contributed by atoms with Crippen LogP contribution in [0.2, 0.25) is 5.02 Å². The zero-order chi connectivity index (χ0) is 17.5. The zero-order valence-electron chi connectivity index (χ0n) is 12.8. The van der Waals surface area contributed by atoms with Crippen LogP contribution in [0.15, 0.2) is 41.6 Å². The van der Waals surface area contributed by atoms with Crippen molar-refractivity contribution in [2.75, 3.05) is 6.61 Å². The van der Waals surface area contributed by atoms with Crippen molar-refractivity contribution in [1.82, 2.24) is 0 Å². The molecular formula is C16H15ClN2O5. The number of nitrogens with zero attached hydrogens (tertiary/aromatic N) is 2. The van der Waals surface area contributed by atoms with Gasteiger partial charge in [0.1, 0.15) is 6.61 Å². The number of hydrogen-bond donors (Lipinski definition) is 1. The second-order valence-corrected chi connectivity index (χ2v) is 5.13. The molecule has 0 heterocycles. The lowest BCUT2D eigenvalue weighted by molar-refractivity contribution is -0.384. The fraction of sp³-hybridized carbons (Fsp3) is 0.188. The number of benzene rings is 2. The first-order valence-electron chi connectivity index (χ1n) is 7.05. The van der Waals surface area contributed by atoms with Crippen molar-refractivity contribution in [3.63, 3.8) is 0 Å². The molecule has 0 atom stereocenters. The Morgan fingerprint density at radius 3 is 2.58 bits per heavy atom. The number of nitro benzene ring substituents is 1. The van der Waals surface area contributed by atoms with Crippen LogP contribution in [0, 0.1) is 10.1 Å². The third-order valence-electron chi connectivity index (χ3n) is 3.07. The Balaban J connectivity index is 2.20. The summed E-state index contributed by atoms with van der Waals surface area (Å²) in [7, 11) is 0. The van der Waals surface area contributed by atoms with E-state index in [2.05, 4.69) is 5.16 Å². The summed E-state index contributed by atoms with van der Waals surface area (Å²) in [5.41, 5.74) is 1.33. The second-order valence-electron chi connectivity index (χ2n) is 4.72. The molecule has 0 radical (unpaired) electrons. The SMILES string of the molecule is CCOc1cc(C=NO)cc(Cl)c1OCc1ccc([N+](=O)[O-])cc1. The molecule has 24 heavy (non-hydrogen) atoms. The van der Waals surface area contributed by atoms with Crippen LogP contribution >= 0.6 is 11.6 Å². The van der Waals surface area contributed by atoms with E-state index in [1.165, 1.54) is 18.3 Å². The van der Waals surface area contributed by atoms with E-state index in [1.54, 1.807) is 24.3 Å². The molecule has 0 amide bonds. The fourth-order valence-corrected chi connectivity index (χ4v) is 2.28. The quantitative estimate of drug-likeness (QED) is 0.352. The van der Waals surface area contributed by atoms with Gasteiger partial charge in [-0.05, 0) is 36.8 Å². The number of rotatable bonds is 7. The van der Waals surface area contributed by atoms with Crippen LogP contribution < -0.4 is 9.47 Å². The van der Waals surface area contributed by atoms with E-state index in [9.17, 15) is 10.1 Å². The maximum atomic E-state index is 10.6. The predicted octanol–water partition coefficient (Wildman–Crippen LogP) is 4.03. The van der Waals surface area contributed by atoms with E-state index in [0.29, 0.717) is 28.7 Å². The van der Waals surface area contributed by atoms with Gasteiger partial charge in [0.15, 0.2) is 11.5 Å². The molecule has 0 spiro atoms. The molecule has 0 bridgehead atoms. The van der Waals surface area contributed by atoms with E-state index in [1.807, 2.05) is 6.92 Å². The Labute approximate surface area is 143 Å². The molecule has 7 nitrogen and oxygen atoms in total. The van der Waals surface area contributed by atoms with Gasteiger partial charge < -0.3 is 14.7 Å². The van der Waals surface area contributed by atoms with Gasteiger partial charge in [-0.25, -0.2) is 0 Å². The third-order valence-corrected chi connectivity index (χ3v) is 3.35. The normalized spacial score (nSPS) is 10.8. The Morgan fingerprint density at radius 1 is 1.29 bits per heavy atom. The van der Waals surface area contributed by atoms with Gasteiger partial charge in [-0.3, -0.25) is 10.1 Å². The van der Waals surface area contributed by atoms with Crippen molar-refractivity contribution in [1.29, 1.82) is 0 Å².